The molecule has 0 saturated carbocycles. The lowest BCUT2D eigenvalue weighted by molar-refractivity contribution is -0.113. The second kappa shape index (κ2) is 15.0. The van der Waals surface area contributed by atoms with E-state index >= 15 is 4.39 Å². The van der Waals surface area contributed by atoms with E-state index in [1.54, 1.807) is 6.20 Å². The van der Waals surface area contributed by atoms with E-state index in [0.717, 1.165) is 37.9 Å². The smallest absolute Gasteiger partial charge is 0.130 e. The van der Waals surface area contributed by atoms with Gasteiger partial charge in [-0.2, -0.15) is 0 Å². The summed E-state index contributed by atoms with van der Waals surface area (Å²) in [6.07, 6.45) is 19.2. The largest absolute Gasteiger partial charge is 0.384 e. The molecule has 1 saturated heterocycles. The monoisotopic (exact) mass is 541 g/mol. The molecule has 0 bridgehead atoms. The van der Waals surface area contributed by atoms with Crippen molar-refractivity contribution in [1.29, 1.82) is 0 Å². The number of aliphatic imine (C=N–C) groups is 1. The first-order valence-corrected chi connectivity index (χ1v) is 15.0. The van der Waals surface area contributed by atoms with Crippen molar-refractivity contribution < 1.29 is 9.13 Å². The van der Waals surface area contributed by atoms with Crippen LogP contribution in [0.3, 0.4) is 0 Å². The summed E-state index contributed by atoms with van der Waals surface area (Å²) in [5.41, 5.74) is 11.4. The lowest BCUT2D eigenvalue weighted by Gasteiger charge is -2.39. The van der Waals surface area contributed by atoms with Crippen molar-refractivity contribution in [2.75, 3.05) is 19.7 Å². The van der Waals surface area contributed by atoms with Gasteiger partial charge >= 0.3 is 0 Å². The third kappa shape index (κ3) is 8.38. The Morgan fingerprint density at radius 2 is 2.13 bits per heavy atom. The summed E-state index contributed by atoms with van der Waals surface area (Å²) < 4.78 is 23.3. The molecule has 39 heavy (non-hydrogen) atoms. The third-order valence-corrected chi connectivity index (χ3v) is 8.56. The van der Waals surface area contributed by atoms with Crippen LogP contribution in [-0.4, -0.2) is 48.1 Å². The molecule has 1 fully saturated rings. The molecule has 0 aromatic rings. The van der Waals surface area contributed by atoms with E-state index in [-0.39, 0.29) is 12.0 Å². The van der Waals surface area contributed by atoms with Gasteiger partial charge in [-0.25, -0.2) is 4.39 Å². The van der Waals surface area contributed by atoms with E-state index in [4.69, 9.17) is 16.3 Å². The number of rotatable bonds is 14. The van der Waals surface area contributed by atoms with Gasteiger partial charge in [-0.15, -0.1) is 0 Å². The van der Waals surface area contributed by atoms with E-state index in [0.29, 0.717) is 50.1 Å². The lowest BCUT2D eigenvalue weighted by atomic mass is 9.79. The second-order valence-electron chi connectivity index (χ2n) is 11.7. The summed E-state index contributed by atoms with van der Waals surface area (Å²) in [4.78, 5) is 6.82. The highest BCUT2D eigenvalue weighted by molar-refractivity contribution is 5.97. The molecule has 0 amide bonds. The quantitative estimate of drug-likeness (QED) is 0.107. The highest BCUT2D eigenvalue weighted by atomic mass is 19.1. The molecule has 0 aromatic carbocycles. The van der Waals surface area contributed by atoms with Crippen LogP contribution in [0.2, 0.25) is 0 Å². The molecule has 0 spiro atoms. The molecule has 7 heteroatoms. The van der Waals surface area contributed by atoms with Gasteiger partial charge in [-0.1, -0.05) is 76.1 Å². The van der Waals surface area contributed by atoms with Crippen molar-refractivity contribution in [3.63, 3.8) is 0 Å². The summed E-state index contributed by atoms with van der Waals surface area (Å²) in [7, 11) is 0. The van der Waals surface area contributed by atoms with E-state index in [1.165, 1.54) is 11.1 Å². The highest BCUT2D eigenvalue weighted by Gasteiger charge is 2.47. The van der Waals surface area contributed by atoms with Gasteiger partial charge in [-0.3, -0.25) is 16.3 Å². The van der Waals surface area contributed by atoms with E-state index in [2.05, 4.69) is 73.4 Å². The van der Waals surface area contributed by atoms with E-state index in [9.17, 15) is 0 Å². The molecule has 2 heterocycles. The molecule has 0 aromatic heterocycles. The Bertz CT molecular complexity index is 983. The molecular weight excluding hydrogens is 489 g/mol. The minimum Gasteiger partial charge on any atom is -0.384 e. The first-order chi connectivity index (χ1) is 18.8. The number of hydrazine groups is 1. The Kier molecular flexibility index (Phi) is 12.0. The zero-order valence-corrected chi connectivity index (χ0v) is 24.8. The fourth-order valence-corrected chi connectivity index (χ4v) is 5.91. The third-order valence-electron chi connectivity index (χ3n) is 8.56. The van der Waals surface area contributed by atoms with Crippen molar-refractivity contribution in [3.8, 4) is 0 Å². The molecule has 3 rings (SSSR count). The minimum atomic E-state index is -1.10. The second-order valence-corrected chi connectivity index (χ2v) is 11.7. The number of hydrogen-bond donors (Lipinski definition) is 3. The molecule has 0 radical (unpaired) electrons. The molecule has 1 aliphatic carbocycles. The molecule has 6 atom stereocenters. The van der Waals surface area contributed by atoms with Crippen LogP contribution in [0.4, 0.5) is 4.39 Å². The van der Waals surface area contributed by atoms with Crippen molar-refractivity contribution in [3.05, 3.63) is 59.6 Å². The van der Waals surface area contributed by atoms with Gasteiger partial charge < -0.3 is 15.4 Å². The SMILES string of the molecule is C/C=C\C(=C/CC[C@@H](C)CO[C@@]1(CC)C/C(C(C)CCC)=C\C=CC(C2=NC=C(N)N3C[C@H]23)CC1F)CNN. The Labute approximate surface area is 236 Å². The summed E-state index contributed by atoms with van der Waals surface area (Å²) in [6.45, 7) is 12.8. The van der Waals surface area contributed by atoms with Crippen LogP contribution < -0.4 is 17.0 Å². The molecule has 218 valence electrons. The maximum Gasteiger partial charge on any atom is 0.130 e. The number of nitrogens with one attached hydrogen (secondary N) is 1. The zero-order chi connectivity index (χ0) is 28.4. The van der Waals surface area contributed by atoms with E-state index < -0.39 is 11.8 Å². The Morgan fingerprint density at radius 1 is 1.33 bits per heavy atom. The first kappa shape index (κ1) is 31.3. The van der Waals surface area contributed by atoms with Crippen LogP contribution in [0.1, 0.15) is 79.6 Å². The first-order valence-electron chi connectivity index (χ1n) is 15.0. The Hall–Kier alpha value is -2.22. The standard InChI is InChI=1S/C32H52FN5O/c1-6-11-24(5)27-16-10-15-26(31-28-21-38(28)30(34)20-36-31)17-29(33)32(8-3,18-27)39-22-23(4)13-9-14-25(12-7-2)19-37-35/h7,10,12,14-16,20,23-24,26,28-29,37H,6,8-9,11,13,17-19,21-22,34-35H2,1-5H3/b12-7-,15-10?,25-14+,27-16+/t23-,24?,26?,28-,29?,32+,38?/m1/s1. The fourth-order valence-electron chi connectivity index (χ4n) is 5.91. The molecule has 3 aliphatic rings. The molecule has 5 N–H and O–H groups in total. The van der Waals surface area contributed by atoms with Crippen LogP contribution >= 0.6 is 0 Å². The number of fused-ring (bicyclic) bond motifs is 1. The fraction of sp³-hybridized carbons (Fsp3) is 0.656. The predicted molar refractivity (Wildman–Crippen MR) is 162 cm³/mol. The maximum absolute atomic E-state index is 16.6. The van der Waals surface area contributed by atoms with Gasteiger partial charge in [0.1, 0.15) is 17.6 Å². The topological polar surface area (TPSA) is 88.7 Å². The summed E-state index contributed by atoms with van der Waals surface area (Å²) >= 11 is 0. The van der Waals surface area contributed by atoms with Crippen molar-refractivity contribution >= 4 is 5.71 Å². The lowest BCUT2D eigenvalue weighted by Crippen LogP contribution is -2.45. The van der Waals surface area contributed by atoms with Gasteiger partial charge in [0.05, 0.1) is 18.8 Å². The van der Waals surface area contributed by atoms with Crippen LogP contribution in [-0.2, 0) is 4.74 Å². The van der Waals surface area contributed by atoms with Gasteiger partial charge in [0.15, 0.2) is 0 Å². The maximum atomic E-state index is 16.6. The number of nitrogens with two attached hydrogens (primary N) is 2. The number of hydrogen-bond acceptors (Lipinski definition) is 6. The molecular formula is C32H52FN5O. The van der Waals surface area contributed by atoms with Crippen molar-refractivity contribution in [2.24, 2.45) is 34.3 Å². The summed E-state index contributed by atoms with van der Waals surface area (Å²) in [5.74, 6) is 6.84. The zero-order valence-electron chi connectivity index (χ0n) is 24.8. The number of ether oxygens (including phenoxy) is 1. The molecule has 6 nitrogen and oxygen atoms in total. The molecule has 3 unspecified atom stereocenters. The highest BCUT2D eigenvalue weighted by Crippen LogP contribution is 2.40. The Morgan fingerprint density at radius 3 is 2.82 bits per heavy atom. The van der Waals surface area contributed by atoms with Crippen LogP contribution in [0.25, 0.3) is 0 Å². The van der Waals surface area contributed by atoms with Gasteiger partial charge in [-0.05, 0) is 56.4 Å². The van der Waals surface area contributed by atoms with Crippen LogP contribution in [0, 0.1) is 17.8 Å². The Balaban J connectivity index is 1.78. The summed E-state index contributed by atoms with van der Waals surface area (Å²) in [5, 5.41) is 0. The number of nitrogens with zero attached hydrogens (tertiary/aromatic N) is 2. The van der Waals surface area contributed by atoms with E-state index in [1.807, 2.05) is 13.0 Å². The van der Waals surface area contributed by atoms with Crippen LogP contribution in [0.15, 0.2) is 64.6 Å². The average Bonchev–Trinajstić information content (AvgIpc) is 3.71. The summed E-state index contributed by atoms with van der Waals surface area (Å²) in [6, 6.07) is 0.201. The number of halogens is 1. The normalized spacial score (nSPS) is 30.4. The average molecular weight is 542 g/mol. The predicted octanol–water partition coefficient (Wildman–Crippen LogP) is 6.10. The van der Waals surface area contributed by atoms with Crippen molar-refractivity contribution in [2.45, 2.75) is 97.4 Å². The number of allylic oxidation sites excluding steroid dienone is 5. The van der Waals surface area contributed by atoms with Gasteiger partial charge in [0, 0.05) is 31.1 Å². The number of alkyl halides is 1. The van der Waals surface area contributed by atoms with Crippen molar-refractivity contribution in [1.82, 2.24) is 10.3 Å². The minimum absolute atomic E-state index is 0.0743. The molecule has 2 aliphatic heterocycles. The van der Waals surface area contributed by atoms with Gasteiger partial charge in [0.25, 0.3) is 0 Å². The van der Waals surface area contributed by atoms with Crippen LogP contribution in [0.5, 0.6) is 0 Å². The van der Waals surface area contributed by atoms with Gasteiger partial charge in [0.2, 0.25) is 0 Å².